The summed E-state index contributed by atoms with van der Waals surface area (Å²) >= 11 is 5.09. The second kappa shape index (κ2) is 5.21. The fourth-order valence-corrected chi connectivity index (χ4v) is 2.80. The van der Waals surface area contributed by atoms with Gasteiger partial charge in [0.05, 0.1) is 5.56 Å². The summed E-state index contributed by atoms with van der Waals surface area (Å²) in [5.74, 6) is 0.732. The van der Waals surface area contributed by atoms with Gasteiger partial charge >= 0.3 is 0 Å². The molecule has 0 amide bonds. The van der Waals surface area contributed by atoms with Crippen LogP contribution in [0.25, 0.3) is 0 Å². The number of rotatable bonds is 3. The summed E-state index contributed by atoms with van der Waals surface area (Å²) in [6.07, 6.45) is 3.60. The van der Waals surface area contributed by atoms with Crippen LogP contribution in [0.15, 0.2) is 30.3 Å². The van der Waals surface area contributed by atoms with Crippen molar-refractivity contribution in [2.75, 3.05) is 5.32 Å². The monoisotopic (exact) mass is 283 g/mol. The van der Waals surface area contributed by atoms with E-state index in [4.69, 9.17) is 18.0 Å². The van der Waals surface area contributed by atoms with E-state index < -0.39 is 0 Å². The highest BCUT2D eigenvalue weighted by atomic mass is 32.1. The molecule has 0 radical (unpaired) electrons. The summed E-state index contributed by atoms with van der Waals surface area (Å²) in [5.41, 5.74) is 11.4. The number of nitrogens with zero attached hydrogens (tertiary/aromatic N) is 1. The van der Waals surface area contributed by atoms with E-state index >= 15 is 0 Å². The number of fused-ring (bicyclic) bond motifs is 1. The second-order valence-electron chi connectivity index (χ2n) is 5.18. The highest BCUT2D eigenvalue weighted by Gasteiger charge is 2.12. The maximum absolute atomic E-state index is 5.76. The van der Waals surface area contributed by atoms with Crippen LogP contribution in [0.1, 0.15) is 28.8 Å². The Morgan fingerprint density at radius 1 is 1.20 bits per heavy atom. The molecule has 1 aliphatic rings. The molecular formula is C16H17N3S. The zero-order valence-electron chi connectivity index (χ0n) is 11.4. The van der Waals surface area contributed by atoms with Gasteiger partial charge < -0.3 is 11.1 Å². The largest absolute Gasteiger partial charge is 0.389 e. The summed E-state index contributed by atoms with van der Waals surface area (Å²) in [6.45, 7) is 1.96. The van der Waals surface area contributed by atoms with Gasteiger partial charge in [-0.2, -0.15) is 0 Å². The molecule has 1 aliphatic carbocycles. The lowest BCUT2D eigenvalue weighted by Crippen LogP contribution is -2.13. The van der Waals surface area contributed by atoms with E-state index in [1.54, 1.807) is 0 Å². The molecule has 3 N–H and O–H groups in total. The molecule has 3 nitrogen and oxygen atoms in total. The van der Waals surface area contributed by atoms with Crippen LogP contribution in [0.3, 0.4) is 0 Å². The number of anilines is 2. The Kier molecular flexibility index (Phi) is 3.40. The van der Waals surface area contributed by atoms with Gasteiger partial charge in [0.15, 0.2) is 0 Å². The zero-order valence-corrected chi connectivity index (χ0v) is 12.3. The molecule has 3 rings (SSSR count). The van der Waals surface area contributed by atoms with Crippen LogP contribution >= 0.6 is 12.2 Å². The van der Waals surface area contributed by atoms with Crippen LogP contribution in [-0.2, 0) is 12.8 Å². The fraction of sp³-hybridized carbons (Fsp3) is 0.250. The van der Waals surface area contributed by atoms with E-state index in [2.05, 4.69) is 28.5 Å². The number of aromatic nitrogens is 1. The van der Waals surface area contributed by atoms with Crippen molar-refractivity contribution >= 4 is 28.7 Å². The van der Waals surface area contributed by atoms with Gasteiger partial charge in [0.25, 0.3) is 0 Å². The molecule has 0 aliphatic heterocycles. The number of pyridine rings is 1. The maximum atomic E-state index is 5.76. The number of benzene rings is 1. The molecule has 0 saturated carbocycles. The van der Waals surface area contributed by atoms with Crippen molar-refractivity contribution in [3.8, 4) is 0 Å². The zero-order chi connectivity index (χ0) is 14.1. The molecule has 4 heteroatoms. The molecule has 0 unspecified atom stereocenters. The SMILES string of the molecule is Cc1ccc(C(N)=S)c(Nc2ccc3c(c2)CCC3)n1. The molecule has 1 aromatic heterocycles. The average Bonchev–Trinajstić information content (AvgIpc) is 2.85. The van der Waals surface area contributed by atoms with Gasteiger partial charge in [-0.15, -0.1) is 0 Å². The van der Waals surface area contributed by atoms with Gasteiger partial charge in [0, 0.05) is 11.4 Å². The minimum absolute atomic E-state index is 0.362. The van der Waals surface area contributed by atoms with E-state index in [1.165, 1.54) is 24.0 Å². The average molecular weight is 283 g/mol. The molecule has 102 valence electrons. The Bertz CT molecular complexity index is 679. The van der Waals surface area contributed by atoms with Crippen molar-refractivity contribution in [3.63, 3.8) is 0 Å². The molecular weight excluding hydrogens is 266 g/mol. The number of nitrogens with one attached hydrogen (secondary N) is 1. The first-order valence-corrected chi connectivity index (χ1v) is 7.20. The predicted molar refractivity (Wildman–Crippen MR) is 86.6 cm³/mol. The Morgan fingerprint density at radius 3 is 2.80 bits per heavy atom. The van der Waals surface area contributed by atoms with Gasteiger partial charge in [-0.3, -0.25) is 0 Å². The van der Waals surface area contributed by atoms with Crippen LogP contribution in [-0.4, -0.2) is 9.97 Å². The van der Waals surface area contributed by atoms with Crippen molar-refractivity contribution in [2.45, 2.75) is 26.2 Å². The van der Waals surface area contributed by atoms with Crippen molar-refractivity contribution in [1.82, 2.24) is 4.98 Å². The third-order valence-electron chi connectivity index (χ3n) is 3.66. The second-order valence-corrected chi connectivity index (χ2v) is 5.61. The van der Waals surface area contributed by atoms with Crippen LogP contribution < -0.4 is 11.1 Å². The lowest BCUT2D eigenvalue weighted by Gasteiger charge is -2.12. The summed E-state index contributed by atoms with van der Waals surface area (Å²) in [6, 6.07) is 10.3. The Labute approximate surface area is 124 Å². The van der Waals surface area contributed by atoms with Crippen molar-refractivity contribution in [1.29, 1.82) is 0 Å². The van der Waals surface area contributed by atoms with E-state index in [1.807, 2.05) is 19.1 Å². The van der Waals surface area contributed by atoms with E-state index in [0.717, 1.165) is 29.2 Å². The molecule has 0 saturated heterocycles. The highest BCUT2D eigenvalue weighted by Crippen LogP contribution is 2.27. The number of nitrogens with two attached hydrogens (primary N) is 1. The van der Waals surface area contributed by atoms with Gasteiger partial charge in [-0.25, -0.2) is 4.98 Å². The number of thiocarbonyl (C=S) groups is 1. The Balaban J connectivity index is 1.95. The van der Waals surface area contributed by atoms with Crippen molar-refractivity contribution in [3.05, 3.63) is 52.7 Å². The van der Waals surface area contributed by atoms with E-state index in [0.29, 0.717) is 4.99 Å². The molecule has 0 atom stereocenters. The first kappa shape index (κ1) is 13.1. The third kappa shape index (κ3) is 2.51. The van der Waals surface area contributed by atoms with Gasteiger partial charge in [-0.05, 0) is 61.6 Å². The molecule has 1 heterocycles. The van der Waals surface area contributed by atoms with E-state index in [-0.39, 0.29) is 0 Å². The van der Waals surface area contributed by atoms with Gasteiger partial charge in [0.2, 0.25) is 0 Å². The maximum Gasteiger partial charge on any atom is 0.140 e. The minimum atomic E-state index is 0.362. The van der Waals surface area contributed by atoms with Crippen LogP contribution in [0, 0.1) is 6.92 Å². The normalized spacial score (nSPS) is 13.1. The first-order valence-electron chi connectivity index (χ1n) is 6.80. The lowest BCUT2D eigenvalue weighted by atomic mass is 10.1. The molecule has 2 aromatic rings. The summed E-state index contributed by atoms with van der Waals surface area (Å²) in [5, 5.41) is 3.35. The highest BCUT2D eigenvalue weighted by molar-refractivity contribution is 7.80. The van der Waals surface area contributed by atoms with Gasteiger partial charge in [0.1, 0.15) is 10.8 Å². The minimum Gasteiger partial charge on any atom is -0.389 e. The predicted octanol–water partition coefficient (Wildman–Crippen LogP) is 3.26. The summed E-state index contributed by atoms with van der Waals surface area (Å²) < 4.78 is 0. The standard InChI is InChI=1S/C16H17N3S/c1-10-5-8-14(15(17)20)16(18-10)19-13-7-6-11-3-2-4-12(11)9-13/h5-9H,2-4H2,1H3,(H2,17,20)(H,18,19). The molecule has 0 spiro atoms. The topological polar surface area (TPSA) is 50.9 Å². The quantitative estimate of drug-likeness (QED) is 0.849. The summed E-state index contributed by atoms with van der Waals surface area (Å²) in [7, 11) is 0. The van der Waals surface area contributed by atoms with Crippen molar-refractivity contribution in [2.24, 2.45) is 5.73 Å². The molecule has 1 aromatic carbocycles. The Hall–Kier alpha value is -1.94. The molecule has 0 fully saturated rings. The van der Waals surface area contributed by atoms with Crippen LogP contribution in [0.5, 0.6) is 0 Å². The number of hydrogen-bond donors (Lipinski definition) is 2. The summed E-state index contributed by atoms with van der Waals surface area (Å²) in [4.78, 5) is 4.87. The third-order valence-corrected chi connectivity index (χ3v) is 3.88. The first-order chi connectivity index (χ1) is 9.63. The smallest absolute Gasteiger partial charge is 0.140 e. The van der Waals surface area contributed by atoms with Crippen LogP contribution in [0.2, 0.25) is 0 Å². The molecule has 0 bridgehead atoms. The fourth-order valence-electron chi connectivity index (χ4n) is 2.64. The number of hydrogen-bond acceptors (Lipinski definition) is 3. The molecule has 20 heavy (non-hydrogen) atoms. The van der Waals surface area contributed by atoms with E-state index in [9.17, 15) is 0 Å². The lowest BCUT2D eigenvalue weighted by molar-refractivity contribution is 0.912. The Morgan fingerprint density at radius 2 is 2.00 bits per heavy atom. The van der Waals surface area contributed by atoms with Gasteiger partial charge in [-0.1, -0.05) is 18.3 Å². The number of aryl methyl sites for hydroxylation is 3. The van der Waals surface area contributed by atoms with Crippen LogP contribution in [0.4, 0.5) is 11.5 Å². The van der Waals surface area contributed by atoms with Crippen molar-refractivity contribution < 1.29 is 0 Å².